The fourth-order valence-electron chi connectivity index (χ4n) is 1.17. The molecule has 0 nitrogen and oxygen atoms in total. The first-order chi connectivity index (χ1) is 5.07. The van der Waals surface area contributed by atoms with E-state index in [1.54, 1.807) is 0 Å². The van der Waals surface area contributed by atoms with Gasteiger partial charge < -0.3 is 0 Å². The number of rotatable bonds is 4. The molecule has 0 bridgehead atoms. The molecule has 0 aromatic rings. The Morgan fingerprint density at radius 2 is 1.82 bits per heavy atom. The Bertz CT molecular complexity index is 114. The summed E-state index contributed by atoms with van der Waals surface area (Å²) in [6, 6.07) is 0. The monoisotopic (exact) mass is 172 g/mol. The summed E-state index contributed by atoms with van der Waals surface area (Å²) in [6.45, 7) is 11.4. The summed E-state index contributed by atoms with van der Waals surface area (Å²) in [5, 5.41) is 0. The predicted octanol–water partition coefficient (Wildman–Crippen LogP) is 3.72. The van der Waals surface area contributed by atoms with E-state index in [4.69, 9.17) is 0 Å². The van der Waals surface area contributed by atoms with Crippen molar-refractivity contribution in [1.82, 2.24) is 0 Å². The lowest BCUT2D eigenvalue weighted by Gasteiger charge is -2.19. The van der Waals surface area contributed by atoms with Gasteiger partial charge in [0.25, 0.3) is 0 Å². The molecule has 66 valence electrons. The molecule has 0 radical (unpaired) electrons. The average molecular weight is 172 g/mol. The van der Waals surface area contributed by atoms with Crippen LogP contribution in [0.3, 0.4) is 0 Å². The van der Waals surface area contributed by atoms with Crippen molar-refractivity contribution >= 4 is 7.92 Å². The summed E-state index contributed by atoms with van der Waals surface area (Å²) in [7, 11) is 0.211. The molecule has 0 aliphatic rings. The summed E-state index contributed by atoms with van der Waals surface area (Å²) >= 11 is 0. The van der Waals surface area contributed by atoms with Gasteiger partial charge in [-0.15, -0.1) is 7.92 Å². The van der Waals surface area contributed by atoms with Crippen molar-refractivity contribution in [2.24, 2.45) is 5.92 Å². The zero-order valence-electron chi connectivity index (χ0n) is 8.46. The highest BCUT2D eigenvalue weighted by molar-refractivity contribution is 7.56. The van der Waals surface area contributed by atoms with Crippen molar-refractivity contribution in [3.8, 4) is 0 Å². The van der Waals surface area contributed by atoms with Gasteiger partial charge >= 0.3 is 0 Å². The van der Waals surface area contributed by atoms with Gasteiger partial charge in [0.05, 0.1) is 0 Å². The molecule has 0 saturated carbocycles. The molecular formula is C10H21P. The van der Waals surface area contributed by atoms with E-state index in [0.717, 1.165) is 11.6 Å². The van der Waals surface area contributed by atoms with Crippen LogP contribution in [-0.4, -0.2) is 19.0 Å². The maximum Gasteiger partial charge on any atom is -0.00322 e. The predicted molar refractivity (Wildman–Crippen MR) is 56.8 cm³/mol. The molecule has 0 spiro atoms. The summed E-state index contributed by atoms with van der Waals surface area (Å²) < 4.78 is 0. The molecule has 0 aliphatic carbocycles. The van der Waals surface area contributed by atoms with Crippen LogP contribution in [-0.2, 0) is 0 Å². The molecule has 1 atom stereocenters. The van der Waals surface area contributed by atoms with E-state index in [-0.39, 0.29) is 7.92 Å². The molecular weight excluding hydrogens is 151 g/mol. The highest BCUT2D eigenvalue weighted by atomic mass is 31.1. The SMILES string of the molecule is CC=CC(CC(C)C)P(C)C. The van der Waals surface area contributed by atoms with Crippen molar-refractivity contribution in [2.75, 3.05) is 13.3 Å². The van der Waals surface area contributed by atoms with Gasteiger partial charge in [0.15, 0.2) is 0 Å². The van der Waals surface area contributed by atoms with Gasteiger partial charge in [0.1, 0.15) is 0 Å². The van der Waals surface area contributed by atoms with Crippen LogP contribution in [0.2, 0.25) is 0 Å². The van der Waals surface area contributed by atoms with Gasteiger partial charge in [-0.05, 0) is 38.3 Å². The topological polar surface area (TPSA) is 0 Å². The molecule has 0 rings (SSSR count). The Hall–Kier alpha value is 0.170. The van der Waals surface area contributed by atoms with E-state index in [2.05, 4.69) is 46.3 Å². The second-order valence-electron chi connectivity index (χ2n) is 3.69. The third-order valence-corrected chi connectivity index (χ3v) is 3.50. The zero-order valence-corrected chi connectivity index (χ0v) is 9.36. The lowest BCUT2D eigenvalue weighted by Crippen LogP contribution is -2.04. The van der Waals surface area contributed by atoms with Gasteiger partial charge in [-0.2, -0.15) is 0 Å². The van der Waals surface area contributed by atoms with Crippen molar-refractivity contribution in [2.45, 2.75) is 32.9 Å². The Kier molecular flexibility index (Phi) is 5.86. The molecule has 0 fully saturated rings. The summed E-state index contributed by atoms with van der Waals surface area (Å²) in [4.78, 5) is 0. The standard InChI is InChI=1S/C10H21P/c1-6-7-10(11(4)5)8-9(2)3/h6-7,9-10H,8H2,1-5H3. The number of hydrogen-bond donors (Lipinski definition) is 0. The first kappa shape index (κ1) is 11.2. The first-order valence-electron chi connectivity index (χ1n) is 4.37. The minimum absolute atomic E-state index is 0.211. The van der Waals surface area contributed by atoms with E-state index < -0.39 is 0 Å². The Morgan fingerprint density at radius 3 is 2.09 bits per heavy atom. The van der Waals surface area contributed by atoms with Crippen LogP contribution in [0.25, 0.3) is 0 Å². The molecule has 0 aromatic carbocycles. The quantitative estimate of drug-likeness (QED) is 0.448. The van der Waals surface area contributed by atoms with E-state index >= 15 is 0 Å². The molecule has 0 heterocycles. The van der Waals surface area contributed by atoms with Crippen LogP contribution in [0.1, 0.15) is 27.2 Å². The highest BCUT2D eigenvalue weighted by Crippen LogP contribution is 2.36. The molecule has 0 aliphatic heterocycles. The minimum Gasteiger partial charge on any atom is -0.106 e. The normalized spacial score (nSPS) is 15.2. The van der Waals surface area contributed by atoms with Gasteiger partial charge in [0, 0.05) is 0 Å². The van der Waals surface area contributed by atoms with E-state index in [9.17, 15) is 0 Å². The van der Waals surface area contributed by atoms with Gasteiger partial charge in [-0.3, -0.25) is 0 Å². The molecule has 0 aromatic heterocycles. The second kappa shape index (κ2) is 5.77. The molecule has 0 N–H and O–H groups in total. The third kappa shape index (κ3) is 5.44. The first-order valence-corrected chi connectivity index (χ1v) is 6.67. The molecule has 11 heavy (non-hydrogen) atoms. The van der Waals surface area contributed by atoms with Crippen LogP contribution < -0.4 is 0 Å². The van der Waals surface area contributed by atoms with E-state index in [1.807, 2.05) is 0 Å². The Labute approximate surface area is 72.8 Å². The van der Waals surface area contributed by atoms with E-state index in [0.29, 0.717) is 0 Å². The number of hydrogen-bond acceptors (Lipinski definition) is 0. The number of allylic oxidation sites excluding steroid dienone is 2. The van der Waals surface area contributed by atoms with Crippen LogP contribution in [0, 0.1) is 5.92 Å². The minimum atomic E-state index is 0.211. The van der Waals surface area contributed by atoms with E-state index in [1.165, 1.54) is 6.42 Å². The van der Waals surface area contributed by atoms with Gasteiger partial charge in [-0.1, -0.05) is 26.0 Å². The fraction of sp³-hybridized carbons (Fsp3) is 0.800. The molecule has 0 amide bonds. The van der Waals surface area contributed by atoms with Crippen LogP contribution >= 0.6 is 7.92 Å². The van der Waals surface area contributed by atoms with Crippen LogP contribution in [0.5, 0.6) is 0 Å². The smallest absolute Gasteiger partial charge is 0.00322 e. The Morgan fingerprint density at radius 1 is 1.27 bits per heavy atom. The van der Waals surface area contributed by atoms with Crippen molar-refractivity contribution in [1.29, 1.82) is 0 Å². The maximum absolute atomic E-state index is 2.37. The fourth-order valence-corrected chi connectivity index (χ4v) is 2.53. The van der Waals surface area contributed by atoms with Crippen LogP contribution in [0.4, 0.5) is 0 Å². The molecule has 0 saturated heterocycles. The molecule has 1 unspecified atom stereocenters. The van der Waals surface area contributed by atoms with Crippen molar-refractivity contribution in [3.63, 3.8) is 0 Å². The van der Waals surface area contributed by atoms with Crippen molar-refractivity contribution in [3.05, 3.63) is 12.2 Å². The highest BCUT2D eigenvalue weighted by Gasteiger charge is 2.10. The lowest BCUT2D eigenvalue weighted by molar-refractivity contribution is 0.598. The summed E-state index contributed by atoms with van der Waals surface area (Å²) in [6.07, 6.45) is 5.91. The Balaban J connectivity index is 3.89. The lowest BCUT2D eigenvalue weighted by atomic mass is 10.1. The third-order valence-electron chi connectivity index (χ3n) is 1.79. The second-order valence-corrected chi connectivity index (χ2v) is 6.28. The van der Waals surface area contributed by atoms with Crippen LogP contribution in [0.15, 0.2) is 12.2 Å². The largest absolute Gasteiger partial charge is 0.106 e. The zero-order chi connectivity index (χ0) is 8.85. The average Bonchev–Trinajstić information content (AvgIpc) is 1.86. The maximum atomic E-state index is 2.37. The summed E-state index contributed by atoms with van der Waals surface area (Å²) in [5.41, 5.74) is 0.843. The summed E-state index contributed by atoms with van der Waals surface area (Å²) in [5.74, 6) is 0.834. The van der Waals surface area contributed by atoms with Crippen molar-refractivity contribution < 1.29 is 0 Å². The molecule has 1 heteroatoms. The van der Waals surface area contributed by atoms with Gasteiger partial charge in [0.2, 0.25) is 0 Å². The van der Waals surface area contributed by atoms with Gasteiger partial charge in [-0.25, -0.2) is 0 Å².